The molecule has 0 aromatic heterocycles. The highest BCUT2D eigenvalue weighted by Crippen LogP contribution is 2.35. The van der Waals surface area contributed by atoms with Crippen LogP contribution in [-0.4, -0.2) is 25.0 Å². The lowest BCUT2D eigenvalue weighted by atomic mass is 10.1. The fourth-order valence-corrected chi connectivity index (χ4v) is 3.50. The van der Waals surface area contributed by atoms with Crippen molar-refractivity contribution >= 4 is 34.8 Å². The number of nitrogens with zero attached hydrogens (tertiary/aromatic N) is 1. The summed E-state index contributed by atoms with van der Waals surface area (Å²) in [4.78, 5) is 26.6. The number of carbonyl (C=O) groups excluding carboxylic acids is 2. The maximum absolute atomic E-state index is 12.6. The molecule has 3 aromatic rings. The lowest BCUT2D eigenvalue weighted by Crippen LogP contribution is -2.38. The molecule has 1 aliphatic rings. The second kappa shape index (κ2) is 9.10. The van der Waals surface area contributed by atoms with Gasteiger partial charge in [-0.25, -0.2) is 0 Å². The third kappa shape index (κ3) is 4.81. The summed E-state index contributed by atoms with van der Waals surface area (Å²) in [5.74, 6) is 0.557. The van der Waals surface area contributed by atoms with Crippen LogP contribution in [-0.2, 0) is 16.1 Å². The number of nitrogens with one attached hydrogen (secondary N) is 1. The van der Waals surface area contributed by atoms with Gasteiger partial charge in [-0.15, -0.1) is 0 Å². The van der Waals surface area contributed by atoms with Crippen molar-refractivity contribution in [2.24, 2.45) is 0 Å². The van der Waals surface area contributed by atoms with Crippen LogP contribution in [0.15, 0.2) is 66.7 Å². The number of ether oxygens (including phenoxy) is 2. The van der Waals surface area contributed by atoms with Gasteiger partial charge in [-0.05, 0) is 48.4 Å². The van der Waals surface area contributed by atoms with E-state index in [0.29, 0.717) is 34.4 Å². The lowest BCUT2D eigenvalue weighted by Gasteiger charge is -2.30. The number of benzene rings is 3. The van der Waals surface area contributed by atoms with Gasteiger partial charge in [0.15, 0.2) is 13.2 Å². The van der Waals surface area contributed by atoms with Crippen molar-refractivity contribution in [2.75, 3.05) is 23.4 Å². The van der Waals surface area contributed by atoms with Gasteiger partial charge in [0.25, 0.3) is 11.8 Å². The van der Waals surface area contributed by atoms with Gasteiger partial charge in [0.2, 0.25) is 0 Å². The maximum atomic E-state index is 12.6. The van der Waals surface area contributed by atoms with Crippen LogP contribution < -0.4 is 19.7 Å². The molecule has 1 heterocycles. The van der Waals surface area contributed by atoms with E-state index in [1.807, 2.05) is 31.2 Å². The van der Waals surface area contributed by atoms with Crippen molar-refractivity contribution in [2.45, 2.75) is 13.5 Å². The second-order valence-corrected chi connectivity index (χ2v) is 7.55. The summed E-state index contributed by atoms with van der Waals surface area (Å²) in [5, 5.41) is 3.23. The Hall–Kier alpha value is -3.51. The van der Waals surface area contributed by atoms with Gasteiger partial charge in [0, 0.05) is 5.69 Å². The normalized spacial score (nSPS) is 12.7. The Morgan fingerprint density at radius 1 is 1.13 bits per heavy atom. The quantitative estimate of drug-likeness (QED) is 0.613. The number of halogens is 1. The molecular weight excluding hydrogens is 416 g/mol. The number of rotatable bonds is 6. The number of aryl methyl sites for hydroxylation is 1. The predicted octanol–water partition coefficient (Wildman–Crippen LogP) is 4.59. The Bertz CT molecular complexity index is 1130. The van der Waals surface area contributed by atoms with Crippen LogP contribution in [0.3, 0.4) is 0 Å². The van der Waals surface area contributed by atoms with E-state index >= 15 is 0 Å². The number of hydrogen-bond acceptors (Lipinski definition) is 4. The Morgan fingerprint density at radius 2 is 1.90 bits per heavy atom. The van der Waals surface area contributed by atoms with Crippen molar-refractivity contribution in [3.63, 3.8) is 0 Å². The molecule has 0 atom stereocenters. The lowest BCUT2D eigenvalue weighted by molar-refractivity contribution is -0.121. The molecule has 0 saturated carbocycles. The highest BCUT2D eigenvalue weighted by Gasteiger charge is 2.26. The van der Waals surface area contributed by atoms with E-state index in [-0.39, 0.29) is 25.0 Å². The van der Waals surface area contributed by atoms with Gasteiger partial charge in [-0.1, -0.05) is 48.0 Å². The monoisotopic (exact) mass is 436 g/mol. The minimum absolute atomic E-state index is 0.0176. The number of carbonyl (C=O) groups is 2. The largest absolute Gasteiger partial charge is 0.482 e. The third-order valence-electron chi connectivity index (χ3n) is 4.97. The van der Waals surface area contributed by atoms with E-state index in [1.165, 1.54) is 0 Å². The molecule has 0 unspecified atom stereocenters. The minimum atomic E-state index is -0.339. The van der Waals surface area contributed by atoms with Crippen LogP contribution in [0.5, 0.6) is 11.5 Å². The molecule has 0 fully saturated rings. The van der Waals surface area contributed by atoms with E-state index in [4.69, 9.17) is 21.1 Å². The van der Waals surface area contributed by atoms with Crippen molar-refractivity contribution in [3.8, 4) is 11.5 Å². The van der Waals surface area contributed by atoms with Crippen LogP contribution in [0.2, 0.25) is 5.02 Å². The van der Waals surface area contributed by atoms with E-state index in [2.05, 4.69) is 5.32 Å². The van der Waals surface area contributed by atoms with Crippen molar-refractivity contribution in [1.29, 1.82) is 0 Å². The summed E-state index contributed by atoms with van der Waals surface area (Å²) in [6.45, 7) is 2.23. The molecule has 7 heteroatoms. The van der Waals surface area contributed by atoms with Gasteiger partial charge in [0.1, 0.15) is 11.5 Å². The molecular formula is C24H21ClN2O4. The zero-order chi connectivity index (χ0) is 21.8. The third-order valence-corrected chi connectivity index (χ3v) is 5.28. The molecule has 0 saturated heterocycles. The zero-order valence-corrected chi connectivity index (χ0v) is 17.7. The fourth-order valence-electron chi connectivity index (χ4n) is 3.31. The molecule has 1 aliphatic heterocycles. The first-order chi connectivity index (χ1) is 15.0. The molecule has 2 amide bonds. The zero-order valence-electron chi connectivity index (χ0n) is 16.9. The first-order valence-corrected chi connectivity index (χ1v) is 10.2. The Morgan fingerprint density at radius 3 is 2.71 bits per heavy atom. The summed E-state index contributed by atoms with van der Waals surface area (Å²) >= 11 is 6.05. The van der Waals surface area contributed by atoms with E-state index in [9.17, 15) is 9.59 Å². The van der Waals surface area contributed by atoms with Gasteiger partial charge in [0.05, 0.1) is 17.3 Å². The summed E-state index contributed by atoms with van der Waals surface area (Å²) in [6, 6.07) is 20.1. The molecule has 1 N–H and O–H groups in total. The van der Waals surface area contributed by atoms with Crippen LogP contribution in [0.25, 0.3) is 0 Å². The van der Waals surface area contributed by atoms with Crippen molar-refractivity contribution in [1.82, 2.24) is 0 Å². The molecule has 4 rings (SSSR count). The molecule has 31 heavy (non-hydrogen) atoms. The van der Waals surface area contributed by atoms with Gasteiger partial charge in [-0.3, -0.25) is 9.59 Å². The summed E-state index contributed by atoms with van der Waals surface area (Å²) in [5.41, 5.74) is 3.31. The van der Waals surface area contributed by atoms with E-state index < -0.39 is 0 Å². The van der Waals surface area contributed by atoms with Crippen molar-refractivity contribution < 1.29 is 19.1 Å². The standard InChI is InChI=1S/C24H21ClN2O4/c1-16-6-2-3-7-17(16)13-27-20-12-18(10-11-22(20)31-15-24(27)29)26-23(28)14-30-21-9-5-4-8-19(21)25/h2-12H,13-15H2,1H3,(H,26,28). The van der Waals surface area contributed by atoms with E-state index in [0.717, 1.165) is 11.1 Å². The highest BCUT2D eigenvalue weighted by atomic mass is 35.5. The van der Waals surface area contributed by atoms with Crippen LogP contribution in [0.1, 0.15) is 11.1 Å². The number of amides is 2. The van der Waals surface area contributed by atoms with Gasteiger partial charge >= 0.3 is 0 Å². The molecule has 0 bridgehead atoms. The average molecular weight is 437 g/mol. The number of anilines is 2. The molecule has 0 aliphatic carbocycles. The number of hydrogen-bond donors (Lipinski definition) is 1. The van der Waals surface area contributed by atoms with Gasteiger partial charge in [-0.2, -0.15) is 0 Å². The number of para-hydroxylation sites is 1. The minimum Gasteiger partial charge on any atom is -0.482 e. The highest BCUT2D eigenvalue weighted by molar-refractivity contribution is 6.32. The molecule has 3 aromatic carbocycles. The van der Waals surface area contributed by atoms with Crippen LogP contribution in [0, 0.1) is 6.92 Å². The smallest absolute Gasteiger partial charge is 0.265 e. The van der Waals surface area contributed by atoms with Crippen LogP contribution >= 0.6 is 11.6 Å². The number of fused-ring (bicyclic) bond motifs is 1. The summed E-state index contributed by atoms with van der Waals surface area (Å²) in [7, 11) is 0. The molecule has 6 nitrogen and oxygen atoms in total. The SMILES string of the molecule is Cc1ccccc1CN1C(=O)COc2ccc(NC(=O)COc3ccccc3Cl)cc21. The molecule has 0 spiro atoms. The Labute approximate surface area is 185 Å². The predicted molar refractivity (Wildman–Crippen MR) is 120 cm³/mol. The maximum Gasteiger partial charge on any atom is 0.265 e. The average Bonchev–Trinajstić information content (AvgIpc) is 2.76. The Balaban J connectivity index is 1.49. The summed E-state index contributed by atoms with van der Waals surface area (Å²) < 4.78 is 11.0. The van der Waals surface area contributed by atoms with Gasteiger partial charge < -0.3 is 19.7 Å². The summed E-state index contributed by atoms with van der Waals surface area (Å²) in [6.07, 6.45) is 0. The fraction of sp³-hybridized carbons (Fsp3) is 0.167. The van der Waals surface area contributed by atoms with E-state index in [1.54, 1.807) is 47.4 Å². The van der Waals surface area contributed by atoms with Crippen molar-refractivity contribution in [3.05, 3.63) is 82.9 Å². The van der Waals surface area contributed by atoms with Crippen LogP contribution in [0.4, 0.5) is 11.4 Å². The first kappa shape index (κ1) is 20.8. The first-order valence-electron chi connectivity index (χ1n) is 9.80. The molecule has 158 valence electrons. The molecule has 0 radical (unpaired) electrons. The Kier molecular flexibility index (Phi) is 6.09. The topological polar surface area (TPSA) is 67.9 Å². The second-order valence-electron chi connectivity index (χ2n) is 7.14.